The molecule has 0 unspecified atom stereocenters. The molecule has 2 N–H and O–H groups in total. The molecule has 0 aromatic rings. The Balaban J connectivity index is 2.23. The van der Waals surface area contributed by atoms with Crippen LogP contribution in [0.4, 0.5) is 0 Å². The maximum Gasteiger partial charge on any atom is 0.222 e. The molecule has 0 spiro atoms. The highest BCUT2D eigenvalue weighted by Gasteiger charge is 2.15. The fraction of sp³-hybridized carbons (Fsp3) is 0.889. The highest BCUT2D eigenvalue weighted by atomic mass is 16.2. The molecule has 0 saturated carbocycles. The zero-order valence-electron chi connectivity index (χ0n) is 15.2. The van der Waals surface area contributed by atoms with Crippen LogP contribution in [0.25, 0.3) is 0 Å². The van der Waals surface area contributed by atoms with Crippen molar-refractivity contribution in [3.8, 4) is 0 Å². The van der Waals surface area contributed by atoms with Crippen molar-refractivity contribution in [3.63, 3.8) is 0 Å². The van der Waals surface area contributed by atoms with Gasteiger partial charge in [0, 0.05) is 39.1 Å². The molecule has 1 rings (SSSR count). The van der Waals surface area contributed by atoms with Crippen molar-refractivity contribution in [1.82, 2.24) is 15.5 Å². The number of guanidine groups is 1. The number of hydrogen-bond donors (Lipinski definition) is 2. The normalized spacial score (nSPS) is 16.3. The van der Waals surface area contributed by atoms with Gasteiger partial charge in [0.15, 0.2) is 5.96 Å². The standard InChI is InChI=1S/C18H36N4O/c1-3-5-6-9-13-20-18(19-4-2)21-14-11-16-22-15-10-7-8-12-17(22)23/h3-16H2,1-2H3,(H2,19,20,21). The predicted octanol–water partition coefficient (Wildman–Crippen LogP) is 2.91. The third kappa shape index (κ3) is 9.47. The van der Waals surface area contributed by atoms with Crippen LogP contribution in [0.1, 0.15) is 71.6 Å². The lowest BCUT2D eigenvalue weighted by molar-refractivity contribution is -0.130. The summed E-state index contributed by atoms with van der Waals surface area (Å²) in [6.07, 6.45) is 10.1. The molecule has 1 fully saturated rings. The summed E-state index contributed by atoms with van der Waals surface area (Å²) < 4.78 is 0. The quantitative estimate of drug-likeness (QED) is 0.369. The maximum atomic E-state index is 11.9. The van der Waals surface area contributed by atoms with E-state index in [1.54, 1.807) is 0 Å². The average molecular weight is 325 g/mol. The van der Waals surface area contributed by atoms with Gasteiger partial charge < -0.3 is 15.5 Å². The smallest absolute Gasteiger partial charge is 0.222 e. The Hall–Kier alpha value is -1.26. The van der Waals surface area contributed by atoms with Crippen LogP contribution in [0.5, 0.6) is 0 Å². The molecule has 0 aromatic heterocycles. The summed E-state index contributed by atoms with van der Waals surface area (Å²) in [5.74, 6) is 1.23. The molecule has 0 atom stereocenters. The lowest BCUT2D eigenvalue weighted by atomic mass is 10.2. The summed E-state index contributed by atoms with van der Waals surface area (Å²) in [7, 11) is 0. The van der Waals surface area contributed by atoms with Gasteiger partial charge in [0.25, 0.3) is 0 Å². The van der Waals surface area contributed by atoms with Crippen molar-refractivity contribution in [1.29, 1.82) is 0 Å². The van der Waals surface area contributed by atoms with E-state index in [1.165, 1.54) is 32.1 Å². The van der Waals surface area contributed by atoms with Crippen LogP contribution in [0.15, 0.2) is 4.99 Å². The second kappa shape index (κ2) is 13.2. The van der Waals surface area contributed by atoms with Gasteiger partial charge >= 0.3 is 0 Å². The number of nitrogens with one attached hydrogen (secondary N) is 2. The molecule has 5 nitrogen and oxygen atoms in total. The molecule has 1 amide bonds. The Morgan fingerprint density at radius 3 is 2.74 bits per heavy atom. The number of hydrogen-bond acceptors (Lipinski definition) is 2. The second-order valence-corrected chi connectivity index (χ2v) is 6.29. The Kier molecular flexibility index (Phi) is 11.4. The maximum absolute atomic E-state index is 11.9. The zero-order chi connectivity index (χ0) is 16.8. The molecule has 23 heavy (non-hydrogen) atoms. The van der Waals surface area contributed by atoms with Crippen molar-refractivity contribution in [2.24, 2.45) is 4.99 Å². The zero-order valence-corrected chi connectivity index (χ0v) is 15.2. The molecule has 1 aliphatic heterocycles. The van der Waals surface area contributed by atoms with Gasteiger partial charge in [0.05, 0.1) is 0 Å². The fourth-order valence-electron chi connectivity index (χ4n) is 2.83. The molecule has 1 heterocycles. The molecule has 5 heteroatoms. The van der Waals surface area contributed by atoms with Crippen LogP contribution in [-0.4, -0.2) is 49.5 Å². The Labute approximate surface area is 142 Å². The van der Waals surface area contributed by atoms with Gasteiger partial charge in [-0.25, -0.2) is 0 Å². The first kappa shape index (κ1) is 19.8. The van der Waals surface area contributed by atoms with Crippen molar-refractivity contribution >= 4 is 11.9 Å². The fourth-order valence-corrected chi connectivity index (χ4v) is 2.83. The van der Waals surface area contributed by atoms with Crippen LogP contribution in [-0.2, 0) is 4.79 Å². The van der Waals surface area contributed by atoms with E-state index in [1.807, 2.05) is 4.90 Å². The minimum atomic E-state index is 0.326. The van der Waals surface area contributed by atoms with Crippen molar-refractivity contribution < 1.29 is 4.79 Å². The first-order valence-electron chi connectivity index (χ1n) is 9.57. The summed E-state index contributed by atoms with van der Waals surface area (Å²) >= 11 is 0. The van der Waals surface area contributed by atoms with E-state index in [0.29, 0.717) is 5.91 Å². The predicted molar refractivity (Wildman–Crippen MR) is 97.8 cm³/mol. The van der Waals surface area contributed by atoms with Crippen LogP contribution >= 0.6 is 0 Å². The van der Waals surface area contributed by atoms with Crippen LogP contribution < -0.4 is 10.6 Å². The van der Waals surface area contributed by atoms with E-state index in [-0.39, 0.29) is 0 Å². The van der Waals surface area contributed by atoms with E-state index >= 15 is 0 Å². The number of amides is 1. The van der Waals surface area contributed by atoms with Crippen molar-refractivity contribution in [2.75, 3.05) is 32.7 Å². The Morgan fingerprint density at radius 1 is 1.09 bits per heavy atom. The average Bonchev–Trinajstić information content (AvgIpc) is 2.75. The number of carbonyl (C=O) groups is 1. The number of nitrogens with zero attached hydrogens (tertiary/aromatic N) is 2. The van der Waals surface area contributed by atoms with Crippen molar-refractivity contribution in [3.05, 3.63) is 0 Å². The van der Waals surface area contributed by atoms with E-state index < -0.39 is 0 Å². The molecule has 0 radical (unpaired) electrons. The third-order valence-electron chi connectivity index (χ3n) is 4.19. The molecule has 0 aliphatic carbocycles. The van der Waals surface area contributed by atoms with Crippen LogP contribution in [0.2, 0.25) is 0 Å². The van der Waals surface area contributed by atoms with Gasteiger partial charge in [0.1, 0.15) is 0 Å². The topological polar surface area (TPSA) is 56.7 Å². The number of carbonyl (C=O) groups excluding carboxylic acids is 1. The molecular weight excluding hydrogens is 288 g/mol. The van der Waals surface area contributed by atoms with Crippen LogP contribution in [0, 0.1) is 0 Å². The molecule has 0 bridgehead atoms. The first-order valence-corrected chi connectivity index (χ1v) is 9.57. The Morgan fingerprint density at radius 2 is 1.96 bits per heavy atom. The van der Waals surface area contributed by atoms with Gasteiger partial charge in [-0.15, -0.1) is 0 Å². The number of aliphatic imine (C=N–C) groups is 1. The second-order valence-electron chi connectivity index (χ2n) is 6.29. The largest absolute Gasteiger partial charge is 0.357 e. The molecule has 1 aliphatic rings. The van der Waals surface area contributed by atoms with Gasteiger partial charge in [-0.2, -0.15) is 0 Å². The van der Waals surface area contributed by atoms with E-state index in [9.17, 15) is 4.79 Å². The first-order chi connectivity index (χ1) is 11.3. The van der Waals surface area contributed by atoms with Gasteiger partial charge in [-0.05, 0) is 32.6 Å². The molecular formula is C18H36N4O. The van der Waals surface area contributed by atoms with Gasteiger partial charge in [0.2, 0.25) is 5.91 Å². The van der Waals surface area contributed by atoms with E-state index in [4.69, 9.17) is 0 Å². The molecule has 1 saturated heterocycles. The molecule has 0 aromatic carbocycles. The lowest BCUT2D eigenvalue weighted by Gasteiger charge is -2.20. The minimum absolute atomic E-state index is 0.326. The van der Waals surface area contributed by atoms with Crippen molar-refractivity contribution in [2.45, 2.75) is 71.6 Å². The summed E-state index contributed by atoms with van der Waals surface area (Å²) in [5, 5.41) is 6.68. The third-order valence-corrected chi connectivity index (χ3v) is 4.19. The van der Waals surface area contributed by atoms with Crippen LogP contribution in [0.3, 0.4) is 0 Å². The number of rotatable bonds is 10. The number of likely N-dealkylation sites (tertiary alicyclic amines) is 1. The van der Waals surface area contributed by atoms with Gasteiger partial charge in [-0.1, -0.05) is 32.6 Å². The molecule has 134 valence electrons. The van der Waals surface area contributed by atoms with E-state index in [2.05, 4.69) is 29.5 Å². The summed E-state index contributed by atoms with van der Waals surface area (Å²) in [6, 6.07) is 0. The summed E-state index contributed by atoms with van der Waals surface area (Å²) in [6.45, 7) is 8.73. The summed E-state index contributed by atoms with van der Waals surface area (Å²) in [5.41, 5.74) is 0. The lowest BCUT2D eigenvalue weighted by Crippen LogP contribution is -2.38. The van der Waals surface area contributed by atoms with Gasteiger partial charge in [-0.3, -0.25) is 9.79 Å². The minimum Gasteiger partial charge on any atom is -0.357 e. The highest BCUT2D eigenvalue weighted by Crippen LogP contribution is 2.11. The Bertz CT molecular complexity index is 344. The van der Waals surface area contributed by atoms with E-state index in [0.717, 1.165) is 64.4 Å². The monoisotopic (exact) mass is 324 g/mol. The SMILES string of the molecule is CCCCCCNC(=NCCCN1CCCCCC1=O)NCC. The summed E-state index contributed by atoms with van der Waals surface area (Å²) in [4.78, 5) is 18.6. The highest BCUT2D eigenvalue weighted by molar-refractivity contribution is 5.79. The number of unbranched alkanes of at least 4 members (excludes halogenated alkanes) is 3.